The number of hydrogen-bond acceptors (Lipinski definition) is 2. The average molecular weight is 803 g/mol. The summed E-state index contributed by atoms with van der Waals surface area (Å²) < 4.78 is 0. The first-order chi connectivity index (χ1) is 31.0. The molecule has 296 valence electrons. The molecule has 2 aromatic heterocycles. The Labute approximate surface area is 367 Å². The number of para-hydroxylation sites is 2. The quantitative estimate of drug-likeness (QED) is 0.167. The first kappa shape index (κ1) is 36.9. The number of rotatable bonds is 6. The molecule has 0 unspecified atom stereocenters. The molecule has 12 rings (SSSR count). The average Bonchev–Trinajstić information content (AvgIpc) is 3.59. The van der Waals surface area contributed by atoms with E-state index in [0.29, 0.717) is 0 Å². The molecule has 2 heteroatoms. The van der Waals surface area contributed by atoms with Crippen molar-refractivity contribution in [3.05, 3.63) is 230 Å². The van der Waals surface area contributed by atoms with Crippen LogP contribution in [-0.4, -0.2) is 9.97 Å². The molecule has 0 amide bonds. The molecule has 0 bridgehead atoms. The van der Waals surface area contributed by atoms with E-state index in [1.54, 1.807) is 0 Å². The molecule has 1 aliphatic rings. The lowest BCUT2D eigenvalue weighted by Gasteiger charge is -2.22. The molecule has 1 aliphatic carbocycles. The maximum atomic E-state index is 4.88. The lowest BCUT2D eigenvalue weighted by molar-refractivity contribution is 0.661. The minimum Gasteiger partial charge on any atom is -0.256 e. The summed E-state index contributed by atoms with van der Waals surface area (Å²) >= 11 is 0. The van der Waals surface area contributed by atoms with Gasteiger partial charge in [0.15, 0.2) is 0 Å². The summed E-state index contributed by atoms with van der Waals surface area (Å²) in [5, 5.41) is 4.85. The van der Waals surface area contributed by atoms with Gasteiger partial charge in [0.25, 0.3) is 0 Å². The number of hydrogen-bond donors (Lipinski definition) is 0. The van der Waals surface area contributed by atoms with Crippen LogP contribution in [0.15, 0.2) is 219 Å². The molecule has 0 aliphatic heterocycles. The van der Waals surface area contributed by atoms with E-state index in [0.717, 1.165) is 55.2 Å². The van der Waals surface area contributed by atoms with E-state index in [1.807, 2.05) is 24.5 Å². The molecule has 9 aromatic carbocycles. The lowest BCUT2D eigenvalue weighted by Crippen LogP contribution is -2.15. The Bertz CT molecular complexity index is 3470. The van der Waals surface area contributed by atoms with Gasteiger partial charge in [-0.15, -0.1) is 0 Å². The molecule has 2 heterocycles. The van der Waals surface area contributed by atoms with Crippen LogP contribution < -0.4 is 0 Å². The molecule has 0 saturated carbocycles. The van der Waals surface area contributed by atoms with Crippen molar-refractivity contribution in [1.82, 2.24) is 9.97 Å². The maximum absolute atomic E-state index is 4.88. The predicted octanol–water partition coefficient (Wildman–Crippen LogP) is 16.2. The van der Waals surface area contributed by atoms with Crippen LogP contribution in [0.2, 0.25) is 0 Å². The molecular weight excluding hydrogens is 761 g/mol. The van der Waals surface area contributed by atoms with Crippen LogP contribution in [0.25, 0.3) is 110 Å². The van der Waals surface area contributed by atoms with E-state index in [1.165, 1.54) is 66.4 Å². The van der Waals surface area contributed by atoms with Gasteiger partial charge in [0, 0.05) is 39.7 Å². The normalized spacial score (nSPS) is 12.7. The van der Waals surface area contributed by atoms with Crippen molar-refractivity contribution in [3.8, 4) is 77.9 Å². The predicted molar refractivity (Wildman–Crippen MR) is 265 cm³/mol. The zero-order valence-electron chi connectivity index (χ0n) is 35.2. The molecule has 0 radical (unpaired) electrons. The van der Waals surface area contributed by atoms with Gasteiger partial charge in [-0.1, -0.05) is 166 Å². The summed E-state index contributed by atoms with van der Waals surface area (Å²) in [5.74, 6) is 0. The highest BCUT2D eigenvalue weighted by Crippen LogP contribution is 2.52. The molecule has 0 saturated heterocycles. The molecule has 11 aromatic rings. The van der Waals surface area contributed by atoms with Crippen molar-refractivity contribution >= 4 is 32.6 Å². The fourth-order valence-electron chi connectivity index (χ4n) is 10.1. The third-order valence-electron chi connectivity index (χ3n) is 13.3. The minimum absolute atomic E-state index is 0.0929. The molecule has 0 fully saturated rings. The van der Waals surface area contributed by atoms with E-state index in [4.69, 9.17) is 9.97 Å². The topological polar surface area (TPSA) is 25.8 Å². The SMILES string of the molecule is CC1(C)c2cc(-c3ccc(-c4cc(-c5ccccc5)cc(-c5cc(-c6cccc7cccnc67)cc(-c6cccc7cccnc67)c5)c4)cc3)ccc2-c2c1ccc1ccccc21. The lowest BCUT2D eigenvalue weighted by atomic mass is 9.81. The number of aromatic nitrogens is 2. The Morgan fingerprint density at radius 1 is 0.302 bits per heavy atom. The highest BCUT2D eigenvalue weighted by molar-refractivity contribution is 6.03. The number of nitrogens with zero attached hydrogens (tertiary/aromatic N) is 2. The second-order valence-corrected chi connectivity index (χ2v) is 17.4. The van der Waals surface area contributed by atoms with Crippen LogP contribution in [0.5, 0.6) is 0 Å². The summed E-state index contributed by atoms with van der Waals surface area (Å²) in [6.07, 6.45) is 3.77. The van der Waals surface area contributed by atoms with Crippen molar-refractivity contribution < 1.29 is 0 Å². The Balaban J connectivity index is 0.991. The Hall–Kier alpha value is -7.94. The number of benzene rings is 9. The third kappa shape index (κ3) is 6.25. The van der Waals surface area contributed by atoms with Crippen molar-refractivity contribution in [3.63, 3.8) is 0 Å². The summed E-state index contributed by atoms with van der Waals surface area (Å²) in [6.45, 7) is 4.74. The smallest absolute Gasteiger partial charge is 0.0780 e. The van der Waals surface area contributed by atoms with Crippen LogP contribution >= 0.6 is 0 Å². The fraction of sp³-hybridized carbons (Fsp3) is 0.0492. The zero-order valence-corrected chi connectivity index (χ0v) is 35.2. The number of fused-ring (bicyclic) bond motifs is 7. The summed E-state index contributed by atoms with van der Waals surface area (Å²) in [6, 6.07) is 75.5. The molecule has 63 heavy (non-hydrogen) atoms. The van der Waals surface area contributed by atoms with Crippen molar-refractivity contribution in [2.45, 2.75) is 19.3 Å². The summed E-state index contributed by atoms with van der Waals surface area (Å²) in [4.78, 5) is 9.76. The second kappa shape index (κ2) is 14.6. The highest BCUT2D eigenvalue weighted by Gasteiger charge is 2.36. The van der Waals surface area contributed by atoms with Crippen LogP contribution in [0.1, 0.15) is 25.0 Å². The Morgan fingerprint density at radius 3 is 1.41 bits per heavy atom. The summed E-state index contributed by atoms with van der Waals surface area (Å²) in [5.41, 5.74) is 21.2. The number of pyridine rings is 2. The molecule has 0 spiro atoms. The van der Waals surface area contributed by atoms with Gasteiger partial charge in [0.05, 0.1) is 11.0 Å². The zero-order chi connectivity index (χ0) is 42.1. The van der Waals surface area contributed by atoms with Gasteiger partial charge in [-0.05, 0) is 143 Å². The van der Waals surface area contributed by atoms with E-state index in [9.17, 15) is 0 Å². The van der Waals surface area contributed by atoms with Gasteiger partial charge in [0.1, 0.15) is 0 Å². The molecule has 0 atom stereocenters. The van der Waals surface area contributed by atoms with E-state index in [-0.39, 0.29) is 5.41 Å². The van der Waals surface area contributed by atoms with Gasteiger partial charge in [-0.3, -0.25) is 9.97 Å². The van der Waals surface area contributed by atoms with Crippen LogP contribution in [0, 0.1) is 0 Å². The van der Waals surface area contributed by atoms with E-state index >= 15 is 0 Å². The van der Waals surface area contributed by atoms with Gasteiger partial charge in [-0.2, -0.15) is 0 Å². The van der Waals surface area contributed by atoms with Gasteiger partial charge >= 0.3 is 0 Å². The van der Waals surface area contributed by atoms with Crippen molar-refractivity contribution in [1.29, 1.82) is 0 Å². The minimum atomic E-state index is -0.0929. The second-order valence-electron chi connectivity index (χ2n) is 17.4. The van der Waals surface area contributed by atoms with Gasteiger partial charge in [0.2, 0.25) is 0 Å². The molecule has 0 N–H and O–H groups in total. The Morgan fingerprint density at radius 2 is 0.778 bits per heavy atom. The monoisotopic (exact) mass is 802 g/mol. The standard InChI is InChI=1S/C61H42N2/c1-61(2)56-29-27-42-14-6-7-19-52(42)58(56)55-28-26-45(38-57(55)61)40-22-24-41(25-23-40)47-32-46(39-12-4-3-5-13-39)33-48(34-47)49-35-50(53-20-8-15-43-17-10-30-62-59(43)53)37-51(36-49)54-21-9-16-44-18-11-31-63-60(44)54/h3-38H,1-2H3. The van der Waals surface area contributed by atoms with E-state index < -0.39 is 0 Å². The van der Waals surface area contributed by atoms with E-state index in [2.05, 4.69) is 208 Å². The van der Waals surface area contributed by atoms with Crippen molar-refractivity contribution in [2.24, 2.45) is 0 Å². The largest absolute Gasteiger partial charge is 0.256 e. The van der Waals surface area contributed by atoms with Crippen LogP contribution in [0.4, 0.5) is 0 Å². The van der Waals surface area contributed by atoms with Crippen LogP contribution in [0.3, 0.4) is 0 Å². The summed E-state index contributed by atoms with van der Waals surface area (Å²) in [7, 11) is 0. The highest BCUT2D eigenvalue weighted by atomic mass is 14.7. The Kier molecular flexibility index (Phi) is 8.55. The first-order valence-corrected chi connectivity index (χ1v) is 21.8. The van der Waals surface area contributed by atoms with Crippen LogP contribution in [-0.2, 0) is 5.41 Å². The maximum Gasteiger partial charge on any atom is 0.0780 e. The first-order valence-electron chi connectivity index (χ1n) is 21.8. The van der Waals surface area contributed by atoms with Gasteiger partial charge < -0.3 is 0 Å². The third-order valence-corrected chi connectivity index (χ3v) is 13.3. The van der Waals surface area contributed by atoms with Crippen molar-refractivity contribution in [2.75, 3.05) is 0 Å². The van der Waals surface area contributed by atoms with Gasteiger partial charge in [-0.25, -0.2) is 0 Å². The molecule has 2 nitrogen and oxygen atoms in total. The molecular formula is C61H42N2. The fourth-order valence-corrected chi connectivity index (χ4v) is 10.1.